The predicted octanol–water partition coefficient (Wildman–Crippen LogP) is 2.16. The van der Waals surface area contributed by atoms with Crippen LogP contribution in [0.5, 0.6) is 0 Å². The average Bonchev–Trinajstić information content (AvgIpc) is 1.60. The molecule has 0 heterocycles. The summed E-state index contributed by atoms with van der Waals surface area (Å²) in [5.41, 5.74) is 0. The highest BCUT2D eigenvalue weighted by atomic mass is 35.5. The monoisotopic (exact) mass is 166 g/mol. The van der Waals surface area contributed by atoms with Crippen LogP contribution in [0.15, 0.2) is 0 Å². The maximum absolute atomic E-state index is 10.9. The first-order chi connectivity index (χ1) is 4.22. The van der Waals surface area contributed by atoms with Crippen molar-refractivity contribution in [3.05, 3.63) is 0 Å². The highest BCUT2D eigenvalue weighted by molar-refractivity contribution is 6.53. The largest absolute Gasteiger partial charge is 0.296 e. The zero-order chi connectivity index (χ0) is 6.85. The van der Waals surface area contributed by atoms with Gasteiger partial charge in [0, 0.05) is 5.92 Å². The maximum atomic E-state index is 10.9. The van der Waals surface area contributed by atoms with Gasteiger partial charge in [-0.1, -0.05) is 29.6 Å². The number of ketones is 1. The molecule has 0 spiro atoms. The maximum Gasteiger partial charge on any atom is 0.168 e. The van der Waals surface area contributed by atoms with Gasteiger partial charge in [0.05, 0.1) is 0 Å². The molecule has 0 unspecified atom stereocenters. The van der Waals surface area contributed by atoms with Crippen molar-refractivity contribution in [1.82, 2.24) is 0 Å². The minimum Gasteiger partial charge on any atom is -0.296 e. The Morgan fingerprint density at radius 1 is 1.44 bits per heavy atom. The third kappa shape index (κ3) is 1.59. The first-order valence-electron chi connectivity index (χ1n) is 3.03. The molecule has 0 amide bonds. The Balaban J connectivity index is 2.32. The molecule has 0 saturated heterocycles. The molecule has 1 rings (SSSR count). The van der Waals surface area contributed by atoms with Gasteiger partial charge in [0.25, 0.3) is 0 Å². The number of hydrogen-bond acceptors (Lipinski definition) is 1. The number of hydrogen-bond donors (Lipinski definition) is 0. The van der Waals surface area contributed by atoms with Gasteiger partial charge in [-0.15, -0.1) is 0 Å². The van der Waals surface area contributed by atoms with Crippen molar-refractivity contribution in [2.24, 2.45) is 5.92 Å². The lowest BCUT2D eigenvalue weighted by Gasteiger charge is -2.23. The van der Waals surface area contributed by atoms with E-state index in [1.807, 2.05) is 0 Å². The summed E-state index contributed by atoms with van der Waals surface area (Å²) in [7, 11) is 0. The van der Waals surface area contributed by atoms with Crippen LogP contribution in [0.4, 0.5) is 0 Å². The summed E-state index contributed by atoms with van der Waals surface area (Å²) >= 11 is 10.7. The van der Waals surface area contributed by atoms with Crippen LogP contribution in [0.2, 0.25) is 0 Å². The van der Waals surface area contributed by atoms with Crippen molar-refractivity contribution < 1.29 is 4.79 Å². The Hall–Kier alpha value is 0.250. The Labute approximate surface area is 64.3 Å². The third-order valence-corrected chi connectivity index (χ3v) is 2.15. The number of carbonyl (C=O) groups excluding carboxylic acids is 1. The van der Waals surface area contributed by atoms with Crippen LogP contribution < -0.4 is 0 Å². The molecule has 0 aromatic rings. The lowest BCUT2D eigenvalue weighted by molar-refractivity contribution is -0.123. The fourth-order valence-corrected chi connectivity index (χ4v) is 1.23. The molecule has 1 fully saturated rings. The minimum atomic E-state index is -0.796. The Bertz CT molecular complexity index is 118. The summed E-state index contributed by atoms with van der Waals surface area (Å²) in [5, 5.41) is 0. The van der Waals surface area contributed by atoms with Gasteiger partial charge in [0.15, 0.2) is 10.6 Å². The fourth-order valence-electron chi connectivity index (χ4n) is 0.871. The number of rotatable bonds is 2. The van der Waals surface area contributed by atoms with Crippen molar-refractivity contribution >= 4 is 29.0 Å². The van der Waals surface area contributed by atoms with Gasteiger partial charge in [-0.05, 0) is 12.8 Å². The van der Waals surface area contributed by atoms with Crippen LogP contribution in [-0.2, 0) is 4.79 Å². The second-order valence-electron chi connectivity index (χ2n) is 2.33. The quantitative estimate of drug-likeness (QED) is 0.576. The van der Waals surface area contributed by atoms with Gasteiger partial charge in [-0.3, -0.25) is 4.79 Å². The molecule has 0 bridgehead atoms. The van der Waals surface area contributed by atoms with Crippen LogP contribution in [-0.4, -0.2) is 10.6 Å². The zero-order valence-electron chi connectivity index (χ0n) is 4.94. The number of halogens is 2. The van der Waals surface area contributed by atoms with E-state index in [4.69, 9.17) is 23.2 Å². The second kappa shape index (κ2) is 2.89. The van der Waals surface area contributed by atoms with Gasteiger partial charge in [-0.25, -0.2) is 0 Å². The van der Waals surface area contributed by atoms with Crippen LogP contribution in [0, 0.1) is 5.92 Å². The molecule has 0 atom stereocenters. The molecular weight excluding hydrogens is 159 g/mol. The van der Waals surface area contributed by atoms with E-state index in [1.165, 1.54) is 0 Å². The topological polar surface area (TPSA) is 17.1 Å². The lowest BCUT2D eigenvalue weighted by Crippen LogP contribution is -2.26. The van der Waals surface area contributed by atoms with E-state index in [9.17, 15) is 4.79 Å². The predicted molar refractivity (Wildman–Crippen MR) is 37.8 cm³/mol. The van der Waals surface area contributed by atoms with Gasteiger partial charge in [0.1, 0.15) is 0 Å². The average molecular weight is 167 g/mol. The first kappa shape index (κ1) is 7.36. The van der Waals surface area contributed by atoms with E-state index in [2.05, 4.69) is 0 Å². The third-order valence-electron chi connectivity index (χ3n) is 1.72. The lowest BCUT2D eigenvalue weighted by atomic mass is 9.83. The highest BCUT2D eigenvalue weighted by Gasteiger charge is 2.28. The summed E-state index contributed by atoms with van der Waals surface area (Å²) in [5.74, 6) is 0.176. The highest BCUT2D eigenvalue weighted by Crippen LogP contribution is 2.29. The Morgan fingerprint density at radius 2 is 2.00 bits per heavy atom. The molecule has 0 N–H and O–H groups in total. The van der Waals surface area contributed by atoms with E-state index in [1.54, 1.807) is 0 Å². The molecule has 0 aromatic heterocycles. The van der Waals surface area contributed by atoms with E-state index in [0.29, 0.717) is 0 Å². The van der Waals surface area contributed by atoms with Crippen LogP contribution >= 0.6 is 23.2 Å². The van der Waals surface area contributed by atoms with Gasteiger partial charge in [-0.2, -0.15) is 0 Å². The molecule has 52 valence electrons. The zero-order valence-corrected chi connectivity index (χ0v) is 6.45. The van der Waals surface area contributed by atoms with Crippen LogP contribution in [0.1, 0.15) is 19.3 Å². The standard InChI is InChI=1S/C6H8Cl2O/c7-6(8)5(9)4-2-1-3-4/h4,6H,1-3H2. The molecule has 1 aliphatic carbocycles. The molecule has 0 aliphatic heterocycles. The number of alkyl halides is 2. The summed E-state index contributed by atoms with van der Waals surface area (Å²) in [6.45, 7) is 0. The van der Waals surface area contributed by atoms with Crippen LogP contribution in [0.3, 0.4) is 0 Å². The summed E-state index contributed by atoms with van der Waals surface area (Å²) < 4.78 is 0. The molecule has 0 aromatic carbocycles. The Kier molecular flexibility index (Phi) is 2.36. The molecule has 0 radical (unpaired) electrons. The van der Waals surface area contributed by atoms with Crippen molar-refractivity contribution in [2.75, 3.05) is 0 Å². The first-order valence-corrected chi connectivity index (χ1v) is 3.91. The van der Waals surface area contributed by atoms with Crippen molar-refractivity contribution in [3.63, 3.8) is 0 Å². The number of Topliss-reactive ketones (excluding diaryl/α,β-unsaturated/α-hetero) is 1. The van der Waals surface area contributed by atoms with E-state index in [-0.39, 0.29) is 11.7 Å². The summed E-state index contributed by atoms with van der Waals surface area (Å²) in [6, 6.07) is 0. The molecule has 1 saturated carbocycles. The molecule has 1 nitrogen and oxygen atoms in total. The van der Waals surface area contributed by atoms with Gasteiger partial charge >= 0.3 is 0 Å². The van der Waals surface area contributed by atoms with E-state index < -0.39 is 4.84 Å². The van der Waals surface area contributed by atoms with Crippen molar-refractivity contribution in [2.45, 2.75) is 24.1 Å². The number of carbonyl (C=O) groups is 1. The fraction of sp³-hybridized carbons (Fsp3) is 0.833. The SMILES string of the molecule is O=C(C(Cl)Cl)C1CCC1. The van der Waals surface area contributed by atoms with Crippen molar-refractivity contribution in [1.29, 1.82) is 0 Å². The Morgan fingerprint density at radius 3 is 2.11 bits per heavy atom. The van der Waals surface area contributed by atoms with Crippen LogP contribution in [0.25, 0.3) is 0 Å². The second-order valence-corrected chi connectivity index (χ2v) is 3.43. The molecule has 3 heteroatoms. The van der Waals surface area contributed by atoms with Crippen molar-refractivity contribution in [3.8, 4) is 0 Å². The molecule has 9 heavy (non-hydrogen) atoms. The normalized spacial score (nSPS) is 19.9. The smallest absolute Gasteiger partial charge is 0.168 e. The van der Waals surface area contributed by atoms with E-state index in [0.717, 1.165) is 19.3 Å². The van der Waals surface area contributed by atoms with E-state index >= 15 is 0 Å². The summed E-state index contributed by atoms with van der Waals surface area (Å²) in [4.78, 5) is 10.1. The summed E-state index contributed by atoms with van der Waals surface area (Å²) in [6.07, 6.45) is 3.11. The van der Waals surface area contributed by atoms with Gasteiger partial charge < -0.3 is 0 Å². The van der Waals surface area contributed by atoms with Gasteiger partial charge in [0.2, 0.25) is 0 Å². The molecular formula is C6H8Cl2O. The molecule has 1 aliphatic rings. The minimum absolute atomic E-state index is 0.00424.